The fourth-order valence-corrected chi connectivity index (χ4v) is 5.74. The summed E-state index contributed by atoms with van der Waals surface area (Å²) in [4.78, 5) is 0. The molecule has 0 amide bonds. The van der Waals surface area contributed by atoms with Gasteiger partial charge in [-0.3, -0.25) is 0 Å². The van der Waals surface area contributed by atoms with E-state index in [0.717, 1.165) is 13.2 Å². The molecule has 82 valence electrons. The fourth-order valence-electron chi connectivity index (χ4n) is 2.41. The second-order valence-corrected chi connectivity index (χ2v) is 7.88. The molecular formula is C12H19NOSi. The third kappa shape index (κ3) is 2.08. The normalized spacial score (nSPS) is 25.9. The third-order valence-electron chi connectivity index (χ3n) is 3.12. The Balaban J connectivity index is 2.21. The first-order chi connectivity index (χ1) is 7.26. The fraction of sp³-hybridized carbons (Fsp3) is 0.500. The number of hydrogen-bond acceptors (Lipinski definition) is 2. The molecule has 1 aliphatic rings. The van der Waals surface area contributed by atoms with Crippen molar-refractivity contribution < 1.29 is 4.43 Å². The Hall–Kier alpha value is -0.803. The van der Waals surface area contributed by atoms with Crippen LogP contribution in [-0.4, -0.2) is 21.6 Å². The predicted molar refractivity (Wildman–Crippen MR) is 66.5 cm³/mol. The zero-order valence-electron chi connectivity index (χ0n) is 9.57. The maximum atomic E-state index is 6.02. The minimum absolute atomic E-state index is 0.839. The summed E-state index contributed by atoms with van der Waals surface area (Å²) in [7, 11) is -1.62. The molecular weight excluding hydrogens is 202 g/mol. The van der Waals surface area contributed by atoms with Gasteiger partial charge in [-0.15, -0.1) is 0 Å². The first kappa shape index (κ1) is 10.7. The molecule has 0 aromatic heterocycles. The summed E-state index contributed by atoms with van der Waals surface area (Å²) in [6, 6.07) is 11.9. The van der Waals surface area contributed by atoms with Crippen LogP contribution >= 0.6 is 0 Å². The lowest BCUT2D eigenvalue weighted by Crippen LogP contribution is -2.49. The zero-order valence-corrected chi connectivity index (χ0v) is 10.6. The minimum Gasteiger partial charge on any atom is -0.399 e. The van der Waals surface area contributed by atoms with Crippen LogP contribution in [0, 0.1) is 0 Å². The zero-order chi connectivity index (χ0) is 10.7. The molecule has 1 atom stereocenters. The molecule has 2 nitrogen and oxygen atoms in total. The van der Waals surface area contributed by atoms with Gasteiger partial charge in [0.1, 0.15) is 0 Å². The summed E-state index contributed by atoms with van der Waals surface area (Å²) in [6.45, 7) is 6.43. The number of rotatable bonds is 3. The third-order valence-corrected chi connectivity index (χ3v) is 6.93. The van der Waals surface area contributed by atoms with E-state index in [4.69, 9.17) is 4.43 Å². The number of hydrogen-bond donors (Lipinski definition) is 0. The molecule has 3 heteroatoms. The molecule has 0 N–H and O–H groups in total. The Bertz CT molecular complexity index is 317. The van der Waals surface area contributed by atoms with Gasteiger partial charge in [-0.05, 0) is 38.1 Å². The van der Waals surface area contributed by atoms with Crippen LogP contribution in [0.15, 0.2) is 30.3 Å². The number of nitrogens with zero attached hydrogens (tertiary/aromatic N) is 1. The Morgan fingerprint density at radius 1 is 1.33 bits per heavy atom. The molecule has 1 unspecified atom stereocenters. The van der Waals surface area contributed by atoms with Crippen LogP contribution in [0.1, 0.15) is 13.3 Å². The Labute approximate surface area is 93.1 Å². The second-order valence-electron chi connectivity index (χ2n) is 4.20. The number of benzene rings is 1. The highest BCUT2D eigenvalue weighted by atomic mass is 28.4. The summed E-state index contributed by atoms with van der Waals surface area (Å²) in [5.74, 6) is 0. The molecule has 15 heavy (non-hydrogen) atoms. The second kappa shape index (κ2) is 4.37. The topological polar surface area (TPSA) is 12.5 Å². The number of para-hydroxylation sites is 1. The van der Waals surface area contributed by atoms with Crippen LogP contribution in [0.2, 0.25) is 12.6 Å². The van der Waals surface area contributed by atoms with Crippen molar-refractivity contribution in [3.05, 3.63) is 30.3 Å². The van der Waals surface area contributed by atoms with Gasteiger partial charge in [-0.1, -0.05) is 18.2 Å². The van der Waals surface area contributed by atoms with E-state index >= 15 is 0 Å². The van der Waals surface area contributed by atoms with Crippen molar-refractivity contribution >= 4 is 14.2 Å². The Morgan fingerprint density at radius 2 is 2.07 bits per heavy atom. The van der Waals surface area contributed by atoms with Gasteiger partial charge in [-0.25, -0.2) is 0 Å². The summed E-state index contributed by atoms with van der Waals surface area (Å²) in [5.41, 5.74) is 1.33. The van der Waals surface area contributed by atoms with Gasteiger partial charge in [0, 0.05) is 18.8 Å². The van der Waals surface area contributed by atoms with E-state index in [2.05, 4.69) is 48.4 Å². The molecule has 1 aliphatic heterocycles. The van der Waals surface area contributed by atoms with Crippen LogP contribution in [0.4, 0.5) is 5.69 Å². The highest BCUT2D eigenvalue weighted by molar-refractivity contribution is 6.77. The van der Waals surface area contributed by atoms with Gasteiger partial charge in [-0.2, -0.15) is 0 Å². The van der Waals surface area contributed by atoms with Crippen LogP contribution in [0.25, 0.3) is 0 Å². The van der Waals surface area contributed by atoms with Crippen LogP contribution in [0.3, 0.4) is 0 Å². The Morgan fingerprint density at radius 3 is 2.73 bits per heavy atom. The lowest BCUT2D eigenvalue weighted by molar-refractivity contribution is 0.327. The molecule has 0 bridgehead atoms. The first-order valence-electron chi connectivity index (χ1n) is 5.73. The molecule has 2 rings (SSSR count). The Kier molecular flexibility index (Phi) is 3.12. The molecule has 1 aromatic rings. The van der Waals surface area contributed by atoms with Crippen molar-refractivity contribution in [2.75, 3.05) is 17.7 Å². The van der Waals surface area contributed by atoms with Crippen LogP contribution < -0.4 is 4.57 Å². The number of anilines is 1. The van der Waals surface area contributed by atoms with Gasteiger partial charge in [0.25, 0.3) is 8.48 Å². The quantitative estimate of drug-likeness (QED) is 0.728. The van der Waals surface area contributed by atoms with E-state index in [1.807, 2.05) is 0 Å². The lowest BCUT2D eigenvalue weighted by atomic mass is 10.3. The van der Waals surface area contributed by atoms with Gasteiger partial charge < -0.3 is 8.99 Å². The molecule has 1 aromatic carbocycles. The average molecular weight is 221 g/mol. The molecule has 0 spiro atoms. The van der Waals surface area contributed by atoms with Gasteiger partial charge in [0.2, 0.25) is 0 Å². The van der Waals surface area contributed by atoms with Crippen molar-refractivity contribution in [1.82, 2.24) is 0 Å². The largest absolute Gasteiger partial charge is 0.399 e. The van der Waals surface area contributed by atoms with Crippen molar-refractivity contribution in [3.8, 4) is 0 Å². The van der Waals surface area contributed by atoms with Crippen LogP contribution in [-0.2, 0) is 4.43 Å². The van der Waals surface area contributed by atoms with Crippen LogP contribution in [0.5, 0.6) is 0 Å². The maximum absolute atomic E-state index is 6.02. The van der Waals surface area contributed by atoms with E-state index in [1.54, 1.807) is 0 Å². The van der Waals surface area contributed by atoms with Gasteiger partial charge in [0.05, 0.1) is 0 Å². The van der Waals surface area contributed by atoms with Crippen molar-refractivity contribution in [1.29, 1.82) is 0 Å². The molecule has 1 heterocycles. The van der Waals surface area contributed by atoms with Crippen molar-refractivity contribution in [3.63, 3.8) is 0 Å². The summed E-state index contributed by atoms with van der Waals surface area (Å²) >= 11 is 0. The molecule has 0 radical (unpaired) electrons. The van der Waals surface area contributed by atoms with E-state index in [1.165, 1.54) is 18.2 Å². The van der Waals surface area contributed by atoms with Gasteiger partial charge in [0.15, 0.2) is 0 Å². The average Bonchev–Trinajstić information content (AvgIpc) is 2.62. The van der Waals surface area contributed by atoms with Gasteiger partial charge >= 0.3 is 0 Å². The minimum atomic E-state index is -1.62. The highest BCUT2D eigenvalue weighted by Crippen LogP contribution is 2.31. The molecule has 1 saturated heterocycles. The first-order valence-corrected chi connectivity index (χ1v) is 8.29. The summed E-state index contributed by atoms with van der Waals surface area (Å²) in [6.07, 6.45) is 1.28. The molecule has 0 saturated carbocycles. The predicted octanol–water partition coefficient (Wildman–Crippen LogP) is 3.01. The van der Waals surface area contributed by atoms with E-state index in [9.17, 15) is 0 Å². The lowest BCUT2D eigenvalue weighted by Gasteiger charge is -2.34. The van der Waals surface area contributed by atoms with Crippen molar-refractivity contribution in [2.24, 2.45) is 0 Å². The molecule has 1 fully saturated rings. The molecule has 0 aliphatic carbocycles. The smallest absolute Gasteiger partial charge is 0.297 e. The van der Waals surface area contributed by atoms with E-state index in [0.29, 0.717) is 0 Å². The summed E-state index contributed by atoms with van der Waals surface area (Å²) < 4.78 is 8.53. The van der Waals surface area contributed by atoms with E-state index in [-0.39, 0.29) is 0 Å². The summed E-state index contributed by atoms with van der Waals surface area (Å²) in [5, 5.41) is 0. The van der Waals surface area contributed by atoms with E-state index < -0.39 is 8.48 Å². The standard InChI is InChI=1S/C12H19NOSi/c1-3-14-15(2)11-7-10-13(15)12-8-5-4-6-9-12/h4-6,8-9H,3,7,10-11H2,1-2H3. The van der Waals surface area contributed by atoms with Crippen molar-refractivity contribution in [2.45, 2.75) is 25.9 Å². The highest BCUT2D eigenvalue weighted by Gasteiger charge is 2.41. The maximum Gasteiger partial charge on any atom is 0.297 e. The monoisotopic (exact) mass is 221 g/mol. The SMILES string of the molecule is CCO[Si]1(C)CCCN1c1ccccc1.